The summed E-state index contributed by atoms with van der Waals surface area (Å²) in [6, 6.07) is 14.4. The van der Waals surface area contributed by atoms with Gasteiger partial charge in [-0.3, -0.25) is 0 Å². The Hall–Kier alpha value is -2.93. The van der Waals surface area contributed by atoms with E-state index < -0.39 is 5.67 Å². The van der Waals surface area contributed by atoms with Crippen molar-refractivity contribution in [2.75, 3.05) is 43.1 Å². The van der Waals surface area contributed by atoms with E-state index in [0.717, 1.165) is 67.1 Å². The standard InChI is InChI=1S/C27H31FN4O2/c1-34-24-5-3-2-4-21(24)18-8-13-31(14-9-18)25-22-16-19(32-15-10-20(33)17-32)6-7-23(22)29-26(30-25)27(28)11-12-27/h2-7,16,18,20,33H,8-15,17H2,1H3/t20-/m1/s1. The highest BCUT2D eigenvalue weighted by Crippen LogP contribution is 2.49. The molecule has 1 aromatic heterocycles. The Kier molecular flexibility index (Phi) is 5.32. The Morgan fingerprint density at radius 3 is 2.47 bits per heavy atom. The van der Waals surface area contributed by atoms with E-state index in [-0.39, 0.29) is 6.10 Å². The summed E-state index contributed by atoms with van der Waals surface area (Å²) in [5.41, 5.74) is 1.73. The molecule has 34 heavy (non-hydrogen) atoms. The number of anilines is 2. The van der Waals surface area contributed by atoms with Crippen molar-refractivity contribution in [2.45, 2.75) is 49.8 Å². The summed E-state index contributed by atoms with van der Waals surface area (Å²) in [6.45, 7) is 3.16. The molecule has 2 aliphatic heterocycles. The van der Waals surface area contributed by atoms with Crippen LogP contribution in [0.15, 0.2) is 42.5 Å². The lowest BCUT2D eigenvalue weighted by molar-refractivity contribution is 0.198. The van der Waals surface area contributed by atoms with Crippen LogP contribution >= 0.6 is 0 Å². The minimum Gasteiger partial charge on any atom is -0.496 e. The zero-order valence-electron chi connectivity index (χ0n) is 19.6. The Bertz CT molecular complexity index is 1210. The van der Waals surface area contributed by atoms with Gasteiger partial charge in [-0.25, -0.2) is 14.4 Å². The average molecular weight is 463 g/mol. The van der Waals surface area contributed by atoms with E-state index in [9.17, 15) is 5.11 Å². The van der Waals surface area contributed by atoms with Gasteiger partial charge < -0.3 is 19.6 Å². The van der Waals surface area contributed by atoms with E-state index in [2.05, 4.69) is 33.0 Å². The number of ether oxygens (including phenoxy) is 1. The van der Waals surface area contributed by atoms with E-state index in [4.69, 9.17) is 9.72 Å². The molecule has 0 amide bonds. The van der Waals surface area contributed by atoms with E-state index in [1.165, 1.54) is 5.56 Å². The van der Waals surface area contributed by atoms with Crippen LogP contribution in [-0.2, 0) is 5.67 Å². The minimum absolute atomic E-state index is 0.288. The van der Waals surface area contributed by atoms with Gasteiger partial charge in [0.15, 0.2) is 11.5 Å². The van der Waals surface area contributed by atoms with E-state index >= 15 is 4.39 Å². The molecule has 3 heterocycles. The van der Waals surface area contributed by atoms with Gasteiger partial charge in [-0.2, -0.15) is 0 Å². The van der Waals surface area contributed by atoms with Crippen molar-refractivity contribution in [3.8, 4) is 5.75 Å². The maximum Gasteiger partial charge on any atom is 0.170 e. The van der Waals surface area contributed by atoms with Gasteiger partial charge >= 0.3 is 0 Å². The average Bonchev–Trinajstić information content (AvgIpc) is 3.49. The van der Waals surface area contributed by atoms with Crippen LogP contribution in [0.2, 0.25) is 0 Å². The summed E-state index contributed by atoms with van der Waals surface area (Å²) >= 11 is 0. The molecule has 0 bridgehead atoms. The van der Waals surface area contributed by atoms with Gasteiger partial charge in [0.25, 0.3) is 0 Å². The first kappa shape index (κ1) is 21.6. The van der Waals surface area contributed by atoms with Crippen LogP contribution in [0.25, 0.3) is 10.9 Å². The van der Waals surface area contributed by atoms with Crippen molar-refractivity contribution in [1.82, 2.24) is 9.97 Å². The summed E-state index contributed by atoms with van der Waals surface area (Å²) in [7, 11) is 1.73. The molecule has 0 spiro atoms. The third kappa shape index (κ3) is 3.86. The second kappa shape index (κ2) is 8.38. The van der Waals surface area contributed by atoms with Gasteiger partial charge in [0.05, 0.1) is 18.7 Å². The molecule has 2 saturated heterocycles. The predicted molar refractivity (Wildman–Crippen MR) is 132 cm³/mol. The van der Waals surface area contributed by atoms with Crippen LogP contribution in [0, 0.1) is 0 Å². The lowest BCUT2D eigenvalue weighted by atomic mass is 9.88. The first-order chi connectivity index (χ1) is 16.5. The van der Waals surface area contributed by atoms with Crippen LogP contribution in [0.5, 0.6) is 5.75 Å². The maximum absolute atomic E-state index is 15.0. The number of halogens is 1. The molecule has 6 rings (SSSR count). The number of methoxy groups -OCH3 is 1. The molecule has 1 N–H and O–H groups in total. The highest BCUT2D eigenvalue weighted by molar-refractivity contribution is 5.92. The molecule has 0 unspecified atom stereocenters. The number of aliphatic hydroxyl groups is 1. The van der Waals surface area contributed by atoms with Gasteiger partial charge in [-0.05, 0) is 67.9 Å². The molecule has 0 radical (unpaired) electrons. The molecule has 3 aromatic rings. The molecule has 1 atom stereocenters. The highest BCUT2D eigenvalue weighted by atomic mass is 19.1. The van der Waals surface area contributed by atoms with E-state index in [1.54, 1.807) is 7.11 Å². The highest BCUT2D eigenvalue weighted by Gasteiger charge is 2.48. The zero-order valence-corrected chi connectivity index (χ0v) is 19.6. The van der Waals surface area contributed by atoms with Gasteiger partial charge in [0.1, 0.15) is 11.6 Å². The third-order valence-corrected chi connectivity index (χ3v) is 7.65. The third-order valence-electron chi connectivity index (χ3n) is 7.65. The van der Waals surface area contributed by atoms with E-state index in [1.807, 2.05) is 24.3 Å². The number of fused-ring (bicyclic) bond motifs is 1. The number of alkyl halides is 1. The van der Waals surface area contributed by atoms with Gasteiger partial charge in [-0.1, -0.05) is 18.2 Å². The summed E-state index contributed by atoms with van der Waals surface area (Å²) < 4.78 is 20.6. The van der Waals surface area contributed by atoms with Crippen molar-refractivity contribution >= 4 is 22.4 Å². The molecule has 3 fully saturated rings. The molecule has 7 heteroatoms. The Morgan fingerprint density at radius 1 is 1.00 bits per heavy atom. The number of piperidine rings is 1. The van der Waals surface area contributed by atoms with Gasteiger partial charge in [0, 0.05) is 37.3 Å². The smallest absolute Gasteiger partial charge is 0.170 e. The number of aromatic nitrogens is 2. The molecule has 1 aliphatic carbocycles. The van der Waals surface area contributed by atoms with Crippen LogP contribution in [0.4, 0.5) is 15.9 Å². The van der Waals surface area contributed by atoms with Crippen LogP contribution in [0.1, 0.15) is 49.4 Å². The first-order valence-electron chi connectivity index (χ1n) is 12.4. The summed E-state index contributed by atoms with van der Waals surface area (Å²) in [5, 5.41) is 11.0. The Labute approximate surface area is 199 Å². The van der Waals surface area contributed by atoms with Crippen LogP contribution < -0.4 is 14.5 Å². The lowest BCUT2D eigenvalue weighted by Crippen LogP contribution is -2.34. The number of aliphatic hydroxyl groups excluding tert-OH is 1. The molecule has 2 aromatic carbocycles. The predicted octanol–water partition coefficient (Wildman–Crippen LogP) is 4.55. The number of rotatable bonds is 5. The lowest BCUT2D eigenvalue weighted by Gasteiger charge is -2.34. The molecule has 6 nitrogen and oxygen atoms in total. The Morgan fingerprint density at radius 2 is 1.76 bits per heavy atom. The largest absolute Gasteiger partial charge is 0.496 e. The van der Waals surface area contributed by atoms with Gasteiger partial charge in [-0.15, -0.1) is 0 Å². The van der Waals surface area contributed by atoms with Crippen molar-refractivity contribution in [1.29, 1.82) is 0 Å². The van der Waals surface area contributed by atoms with Crippen molar-refractivity contribution < 1.29 is 14.2 Å². The number of para-hydroxylation sites is 1. The van der Waals surface area contributed by atoms with Crippen molar-refractivity contribution in [3.05, 3.63) is 53.9 Å². The summed E-state index contributed by atoms with van der Waals surface area (Å²) in [5.74, 6) is 2.54. The number of hydrogen-bond acceptors (Lipinski definition) is 6. The first-order valence-corrected chi connectivity index (χ1v) is 12.4. The maximum atomic E-state index is 15.0. The fraction of sp³-hybridized carbons (Fsp3) is 0.481. The monoisotopic (exact) mass is 462 g/mol. The summed E-state index contributed by atoms with van der Waals surface area (Å²) in [6.07, 6.45) is 3.46. The fourth-order valence-corrected chi connectivity index (χ4v) is 5.45. The van der Waals surface area contributed by atoms with Crippen LogP contribution in [-0.4, -0.2) is 54.5 Å². The zero-order chi connectivity index (χ0) is 23.3. The number of β-amino-alcohol motifs (C(OH)–C–C–N with tert-alkyl or cyclic N) is 1. The molecular weight excluding hydrogens is 431 g/mol. The summed E-state index contributed by atoms with van der Waals surface area (Å²) in [4.78, 5) is 14.0. The quantitative estimate of drug-likeness (QED) is 0.600. The second-order valence-corrected chi connectivity index (χ2v) is 9.93. The molecule has 178 valence electrons. The SMILES string of the molecule is COc1ccccc1C1CCN(c2nc(C3(F)CC3)nc3ccc(N4CC[C@@H](O)C4)cc23)CC1. The fourth-order valence-electron chi connectivity index (χ4n) is 5.45. The Balaban J connectivity index is 1.33. The van der Waals surface area contributed by atoms with Crippen LogP contribution in [0.3, 0.4) is 0 Å². The van der Waals surface area contributed by atoms with E-state index in [0.29, 0.717) is 31.1 Å². The van der Waals surface area contributed by atoms with Crippen molar-refractivity contribution in [2.24, 2.45) is 0 Å². The topological polar surface area (TPSA) is 61.7 Å². The second-order valence-electron chi connectivity index (χ2n) is 9.93. The number of benzene rings is 2. The molecular formula is C27H31FN4O2. The molecule has 1 saturated carbocycles. The number of nitrogens with zero attached hydrogens (tertiary/aromatic N) is 4. The van der Waals surface area contributed by atoms with Crippen molar-refractivity contribution in [3.63, 3.8) is 0 Å². The normalized spacial score (nSPS) is 22.4. The molecule has 3 aliphatic rings. The number of hydrogen-bond donors (Lipinski definition) is 1. The minimum atomic E-state index is -1.38. The van der Waals surface area contributed by atoms with Gasteiger partial charge in [0.2, 0.25) is 0 Å².